The molecule has 0 bridgehead atoms. The van der Waals surface area contributed by atoms with Gasteiger partial charge in [0.2, 0.25) is 0 Å². The van der Waals surface area contributed by atoms with Crippen molar-refractivity contribution in [2.24, 2.45) is 5.92 Å². The SMILES string of the molecule is COc1ccc2c(c1)CC(CC1(F)CCN(Cc3cccc(F)c3)CC1)C2=O. The highest BCUT2D eigenvalue weighted by atomic mass is 19.1. The Morgan fingerprint density at radius 1 is 1.18 bits per heavy atom. The van der Waals surface area contributed by atoms with Gasteiger partial charge in [0.05, 0.1) is 7.11 Å². The number of alkyl halides is 1. The number of rotatable bonds is 5. The second kappa shape index (κ2) is 7.63. The smallest absolute Gasteiger partial charge is 0.166 e. The molecular formula is C23H25F2NO2. The number of fused-ring (bicyclic) bond motifs is 1. The third-order valence-corrected chi connectivity index (χ3v) is 6.07. The van der Waals surface area contributed by atoms with Crippen molar-refractivity contribution in [3.8, 4) is 5.75 Å². The van der Waals surface area contributed by atoms with Crippen LogP contribution in [0.1, 0.15) is 40.7 Å². The van der Waals surface area contributed by atoms with Gasteiger partial charge in [0, 0.05) is 31.1 Å². The molecule has 1 heterocycles. The predicted octanol–water partition coefficient (Wildman–Crippen LogP) is 4.58. The van der Waals surface area contributed by atoms with Crippen molar-refractivity contribution in [2.45, 2.75) is 37.9 Å². The van der Waals surface area contributed by atoms with Crippen molar-refractivity contribution >= 4 is 5.78 Å². The van der Waals surface area contributed by atoms with Crippen molar-refractivity contribution in [2.75, 3.05) is 20.2 Å². The Morgan fingerprint density at radius 2 is 1.96 bits per heavy atom. The first-order valence-corrected chi connectivity index (χ1v) is 9.83. The summed E-state index contributed by atoms with van der Waals surface area (Å²) in [6.07, 6.45) is 1.68. The second-order valence-corrected chi connectivity index (χ2v) is 8.05. The topological polar surface area (TPSA) is 29.5 Å². The molecule has 28 heavy (non-hydrogen) atoms. The third-order valence-electron chi connectivity index (χ3n) is 6.07. The van der Waals surface area contributed by atoms with E-state index >= 15 is 4.39 Å². The van der Waals surface area contributed by atoms with E-state index in [0.29, 0.717) is 44.5 Å². The number of hydrogen-bond donors (Lipinski definition) is 0. The van der Waals surface area contributed by atoms with E-state index in [1.165, 1.54) is 12.1 Å². The van der Waals surface area contributed by atoms with Crippen LogP contribution in [-0.4, -0.2) is 36.6 Å². The molecule has 2 aromatic carbocycles. The molecule has 3 nitrogen and oxygen atoms in total. The van der Waals surface area contributed by atoms with E-state index in [9.17, 15) is 9.18 Å². The van der Waals surface area contributed by atoms with Crippen molar-refractivity contribution in [1.82, 2.24) is 4.90 Å². The number of Topliss-reactive ketones (excluding diaryl/α,β-unsaturated/α-hetero) is 1. The van der Waals surface area contributed by atoms with Crippen molar-refractivity contribution in [3.63, 3.8) is 0 Å². The molecule has 0 N–H and O–H groups in total. The average molecular weight is 385 g/mol. The fourth-order valence-corrected chi connectivity index (χ4v) is 4.50. The lowest BCUT2D eigenvalue weighted by atomic mass is 9.82. The number of likely N-dealkylation sites (tertiary alicyclic amines) is 1. The maximum atomic E-state index is 15.5. The minimum Gasteiger partial charge on any atom is -0.497 e. The summed E-state index contributed by atoms with van der Waals surface area (Å²) in [4.78, 5) is 14.9. The van der Waals surface area contributed by atoms with Gasteiger partial charge in [0.15, 0.2) is 5.78 Å². The second-order valence-electron chi connectivity index (χ2n) is 8.05. The summed E-state index contributed by atoms with van der Waals surface area (Å²) >= 11 is 0. The number of ether oxygens (including phenoxy) is 1. The van der Waals surface area contributed by atoms with Crippen LogP contribution in [0.2, 0.25) is 0 Å². The van der Waals surface area contributed by atoms with Crippen molar-refractivity contribution in [1.29, 1.82) is 0 Å². The standard InChI is InChI=1S/C23H25F2NO2/c1-28-20-5-6-21-17(13-20)12-18(22(21)27)14-23(25)7-9-26(10-8-23)15-16-3-2-4-19(24)11-16/h2-6,11,13,18H,7-10,12,14-15H2,1H3. The molecule has 2 aliphatic rings. The molecule has 1 aliphatic heterocycles. The molecule has 0 saturated carbocycles. The minimum absolute atomic E-state index is 0.0527. The van der Waals surface area contributed by atoms with E-state index in [2.05, 4.69) is 4.90 Å². The van der Waals surface area contributed by atoms with Gasteiger partial charge in [-0.15, -0.1) is 0 Å². The van der Waals surface area contributed by atoms with E-state index in [1.54, 1.807) is 25.3 Å². The summed E-state index contributed by atoms with van der Waals surface area (Å²) in [6.45, 7) is 1.87. The fourth-order valence-electron chi connectivity index (χ4n) is 4.50. The van der Waals surface area contributed by atoms with Crippen LogP contribution in [0.15, 0.2) is 42.5 Å². The van der Waals surface area contributed by atoms with Crippen LogP contribution in [0.25, 0.3) is 0 Å². The molecule has 1 aliphatic carbocycles. The van der Waals surface area contributed by atoms with Gasteiger partial charge < -0.3 is 4.74 Å². The number of ketones is 1. The Kier molecular flexibility index (Phi) is 5.19. The van der Waals surface area contributed by atoms with Gasteiger partial charge in [-0.05, 0) is 67.1 Å². The van der Waals surface area contributed by atoms with Crippen LogP contribution in [0.5, 0.6) is 5.75 Å². The normalized spacial score (nSPS) is 21.5. The Bertz CT molecular complexity index is 875. The molecule has 0 radical (unpaired) electrons. The quantitative estimate of drug-likeness (QED) is 0.754. The predicted molar refractivity (Wildman–Crippen MR) is 104 cm³/mol. The molecule has 5 heteroatoms. The number of halogens is 2. The highest BCUT2D eigenvalue weighted by Crippen LogP contribution is 2.39. The summed E-state index contributed by atoms with van der Waals surface area (Å²) in [5, 5.41) is 0. The lowest BCUT2D eigenvalue weighted by molar-refractivity contribution is 0.0336. The molecule has 1 atom stereocenters. The number of methoxy groups -OCH3 is 1. The monoisotopic (exact) mass is 385 g/mol. The highest BCUT2D eigenvalue weighted by molar-refractivity contribution is 6.02. The van der Waals surface area contributed by atoms with Crippen LogP contribution in [0.4, 0.5) is 8.78 Å². The first kappa shape index (κ1) is 19.1. The van der Waals surface area contributed by atoms with E-state index in [-0.39, 0.29) is 23.9 Å². The van der Waals surface area contributed by atoms with Crippen LogP contribution in [0.3, 0.4) is 0 Å². The van der Waals surface area contributed by atoms with Crippen molar-refractivity contribution in [3.05, 3.63) is 65.0 Å². The summed E-state index contributed by atoms with van der Waals surface area (Å²) in [6, 6.07) is 12.0. The Labute approximate surface area is 164 Å². The number of hydrogen-bond acceptors (Lipinski definition) is 3. The molecule has 1 saturated heterocycles. The summed E-state index contributed by atoms with van der Waals surface area (Å²) in [5.41, 5.74) is 1.26. The van der Waals surface area contributed by atoms with Crippen molar-refractivity contribution < 1.29 is 18.3 Å². The number of carbonyl (C=O) groups is 1. The maximum Gasteiger partial charge on any atom is 0.166 e. The van der Waals surface area contributed by atoms with Gasteiger partial charge in [-0.2, -0.15) is 0 Å². The fraction of sp³-hybridized carbons (Fsp3) is 0.435. The largest absolute Gasteiger partial charge is 0.497 e. The van der Waals surface area contributed by atoms with Crippen LogP contribution in [-0.2, 0) is 13.0 Å². The molecular weight excluding hydrogens is 360 g/mol. The molecule has 0 aromatic heterocycles. The van der Waals surface area contributed by atoms with Crippen LogP contribution in [0, 0.1) is 11.7 Å². The lowest BCUT2D eigenvalue weighted by Gasteiger charge is -2.37. The summed E-state index contributed by atoms with van der Waals surface area (Å²) in [5.74, 6) is 0.247. The number of carbonyl (C=O) groups excluding carboxylic acids is 1. The van der Waals surface area contributed by atoms with Crippen LogP contribution >= 0.6 is 0 Å². The number of piperidine rings is 1. The first-order valence-electron chi connectivity index (χ1n) is 9.83. The zero-order chi connectivity index (χ0) is 19.7. The molecule has 148 valence electrons. The molecule has 1 fully saturated rings. The average Bonchev–Trinajstić information content (AvgIpc) is 2.98. The van der Waals surface area contributed by atoms with Gasteiger partial charge in [0.25, 0.3) is 0 Å². The summed E-state index contributed by atoms with van der Waals surface area (Å²) in [7, 11) is 1.60. The van der Waals surface area contributed by atoms with E-state index in [0.717, 1.165) is 16.9 Å². The number of nitrogens with zero attached hydrogens (tertiary/aromatic N) is 1. The van der Waals surface area contributed by atoms with Gasteiger partial charge in [0.1, 0.15) is 17.2 Å². The minimum atomic E-state index is -1.31. The molecule has 0 amide bonds. The van der Waals surface area contributed by atoms with Gasteiger partial charge in [-0.1, -0.05) is 12.1 Å². The van der Waals surface area contributed by atoms with Gasteiger partial charge in [-0.3, -0.25) is 9.69 Å². The van der Waals surface area contributed by atoms with Crippen LogP contribution < -0.4 is 4.74 Å². The molecule has 0 spiro atoms. The zero-order valence-corrected chi connectivity index (χ0v) is 16.1. The highest BCUT2D eigenvalue weighted by Gasteiger charge is 2.41. The Morgan fingerprint density at radius 3 is 2.68 bits per heavy atom. The van der Waals surface area contributed by atoms with E-state index in [1.807, 2.05) is 12.1 Å². The third kappa shape index (κ3) is 3.95. The maximum absolute atomic E-state index is 15.5. The zero-order valence-electron chi connectivity index (χ0n) is 16.1. The molecule has 4 rings (SSSR count). The number of benzene rings is 2. The molecule has 2 aromatic rings. The summed E-state index contributed by atoms with van der Waals surface area (Å²) < 4.78 is 34.1. The van der Waals surface area contributed by atoms with E-state index < -0.39 is 5.67 Å². The Hall–Kier alpha value is -2.27. The molecule has 1 unspecified atom stereocenters. The first-order chi connectivity index (χ1) is 13.5. The lowest BCUT2D eigenvalue weighted by Crippen LogP contribution is -2.42. The van der Waals surface area contributed by atoms with E-state index in [4.69, 9.17) is 4.74 Å². The van der Waals surface area contributed by atoms with Gasteiger partial charge >= 0.3 is 0 Å². The van der Waals surface area contributed by atoms with Gasteiger partial charge in [-0.25, -0.2) is 8.78 Å². The Balaban J connectivity index is 1.35.